The highest BCUT2D eigenvalue weighted by Gasteiger charge is 2.20. The average molecular weight is 599 g/mol. The van der Waals surface area contributed by atoms with E-state index in [0.29, 0.717) is 0 Å². The van der Waals surface area contributed by atoms with E-state index in [1.54, 1.807) is 0 Å². The van der Waals surface area contributed by atoms with Gasteiger partial charge in [0.1, 0.15) is 0 Å². The van der Waals surface area contributed by atoms with Gasteiger partial charge in [0.25, 0.3) is 0 Å². The minimum atomic E-state index is 1.06. The van der Waals surface area contributed by atoms with E-state index in [9.17, 15) is 0 Å². The molecule has 2 heterocycles. The summed E-state index contributed by atoms with van der Waals surface area (Å²) in [6, 6.07) is 48.9. The van der Waals surface area contributed by atoms with Gasteiger partial charge in [-0.1, -0.05) is 91.0 Å². The van der Waals surface area contributed by atoms with Crippen LogP contribution in [0.2, 0.25) is 0 Å². The van der Waals surface area contributed by atoms with Crippen LogP contribution < -0.4 is 0 Å². The highest BCUT2D eigenvalue weighted by atomic mass is 15.0. The predicted octanol–water partition coefficient (Wildman–Crippen LogP) is 11.7. The van der Waals surface area contributed by atoms with Crippen LogP contribution in [-0.4, -0.2) is 9.13 Å². The average Bonchev–Trinajstić information content (AvgIpc) is 3.83. The smallest absolute Gasteiger partial charge is 0.0624 e. The second-order valence-corrected chi connectivity index (χ2v) is 12.6. The molecule has 0 bridgehead atoms. The van der Waals surface area contributed by atoms with E-state index in [4.69, 9.17) is 0 Å². The van der Waals surface area contributed by atoms with Crippen molar-refractivity contribution >= 4 is 50.8 Å². The first-order chi connectivity index (χ1) is 23.3. The summed E-state index contributed by atoms with van der Waals surface area (Å²) < 4.78 is 4.79. The Kier molecular flexibility index (Phi) is 5.69. The Balaban J connectivity index is 1.03. The van der Waals surface area contributed by atoms with Gasteiger partial charge in [0.15, 0.2) is 0 Å². The van der Waals surface area contributed by atoms with Crippen molar-refractivity contribution in [3.63, 3.8) is 0 Å². The number of aromatic nitrogens is 2. The number of nitrogens with zero attached hydrogens (tertiary/aromatic N) is 2. The number of allylic oxidation sites excluding steroid dienone is 1. The molecule has 0 saturated heterocycles. The largest absolute Gasteiger partial charge is 0.310 e. The first-order valence-corrected chi connectivity index (χ1v) is 16.4. The summed E-state index contributed by atoms with van der Waals surface area (Å²) in [5.41, 5.74) is 18.3. The summed E-state index contributed by atoms with van der Waals surface area (Å²) >= 11 is 0. The molecule has 8 aromatic rings. The fourth-order valence-electron chi connectivity index (χ4n) is 7.73. The lowest BCUT2D eigenvalue weighted by Crippen LogP contribution is -2.00. The van der Waals surface area contributed by atoms with E-state index in [1.165, 1.54) is 88.7 Å². The maximum absolute atomic E-state index is 3.33. The number of fused-ring (bicyclic) bond motifs is 7. The molecule has 2 nitrogen and oxygen atoms in total. The Hall–Kier alpha value is -6.08. The van der Waals surface area contributed by atoms with Crippen molar-refractivity contribution in [2.24, 2.45) is 0 Å². The van der Waals surface area contributed by atoms with Crippen LogP contribution in [0.5, 0.6) is 0 Å². The molecule has 47 heavy (non-hydrogen) atoms. The molecule has 0 atom stereocenters. The second kappa shape index (κ2) is 10.2. The van der Waals surface area contributed by atoms with Crippen LogP contribution in [0.25, 0.3) is 84.4 Å². The van der Waals surface area contributed by atoms with E-state index in [1.807, 2.05) is 0 Å². The van der Waals surface area contributed by atoms with Crippen molar-refractivity contribution < 1.29 is 0 Å². The Morgan fingerprint density at radius 1 is 0.489 bits per heavy atom. The molecule has 2 aliphatic carbocycles. The van der Waals surface area contributed by atoms with Crippen LogP contribution in [0.1, 0.15) is 28.9 Å². The van der Waals surface area contributed by atoms with E-state index in [2.05, 4.69) is 173 Å². The molecule has 0 aliphatic heterocycles. The minimum Gasteiger partial charge on any atom is -0.310 e. The number of hydrogen-bond donors (Lipinski definition) is 0. The molecule has 0 N–H and O–H groups in total. The summed E-state index contributed by atoms with van der Waals surface area (Å²) in [6.45, 7) is 0. The third-order valence-corrected chi connectivity index (χ3v) is 10.00. The molecule has 220 valence electrons. The van der Waals surface area contributed by atoms with Crippen molar-refractivity contribution in [1.29, 1.82) is 0 Å². The maximum Gasteiger partial charge on any atom is 0.0624 e. The van der Waals surface area contributed by atoms with Crippen molar-refractivity contribution in [3.8, 4) is 33.6 Å². The lowest BCUT2D eigenvalue weighted by molar-refractivity contribution is 0.968. The number of para-hydroxylation sites is 1. The Labute approximate surface area is 273 Å². The molecule has 2 aliphatic rings. The fraction of sp³-hybridized carbons (Fsp3) is 0.0444. The van der Waals surface area contributed by atoms with E-state index in [0.717, 1.165) is 12.8 Å². The van der Waals surface area contributed by atoms with Gasteiger partial charge in [-0.25, -0.2) is 0 Å². The molecule has 2 aromatic heterocycles. The van der Waals surface area contributed by atoms with Gasteiger partial charge in [-0.2, -0.15) is 0 Å². The number of hydrogen-bond acceptors (Lipinski definition) is 0. The third kappa shape index (κ3) is 4.06. The molecule has 6 aromatic carbocycles. The summed E-state index contributed by atoms with van der Waals surface area (Å²) in [7, 11) is 0. The van der Waals surface area contributed by atoms with E-state index < -0.39 is 0 Å². The van der Waals surface area contributed by atoms with Gasteiger partial charge in [0.05, 0.1) is 16.7 Å². The first-order valence-electron chi connectivity index (χ1n) is 16.4. The maximum atomic E-state index is 3.33. The lowest BCUT2D eigenvalue weighted by atomic mass is 9.96. The predicted molar refractivity (Wildman–Crippen MR) is 198 cm³/mol. The molecule has 2 heteroatoms. The van der Waals surface area contributed by atoms with Crippen molar-refractivity contribution in [3.05, 3.63) is 168 Å². The van der Waals surface area contributed by atoms with Gasteiger partial charge in [-0.15, -0.1) is 5.73 Å². The van der Waals surface area contributed by atoms with Crippen LogP contribution >= 0.6 is 0 Å². The Morgan fingerprint density at radius 2 is 1.15 bits per heavy atom. The molecule has 0 amide bonds. The number of rotatable bonds is 4. The standard InChI is InChI=1S/C45H30N2/c1-2-11-36(12-3-1)46-43-16-8-14-39(43)41-29-34(22-25-44(41)46)31-17-19-32(20-18-31)35-23-26-45-40(28-35)38-13-6-7-15-42(38)47(45)37-24-21-30-9-4-5-10-33(30)27-37/h1-5,7,9-12,14-29H,6,13H2. The number of benzene rings is 6. The minimum absolute atomic E-state index is 1.06. The van der Waals surface area contributed by atoms with Crippen LogP contribution in [-0.2, 0) is 6.42 Å². The van der Waals surface area contributed by atoms with Crippen molar-refractivity contribution in [2.75, 3.05) is 0 Å². The molecule has 0 unspecified atom stereocenters. The zero-order chi connectivity index (χ0) is 30.9. The lowest BCUT2D eigenvalue weighted by Gasteiger charge is -2.13. The number of aryl methyl sites for hydroxylation is 1. The summed E-state index contributed by atoms with van der Waals surface area (Å²) in [6.07, 6.45) is 11.0. The first kappa shape index (κ1) is 26.2. The quantitative estimate of drug-likeness (QED) is 0.178. The van der Waals surface area contributed by atoms with Gasteiger partial charge in [-0.05, 0) is 112 Å². The highest BCUT2D eigenvalue weighted by molar-refractivity contribution is 6.00. The van der Waals surface area contributed by atoms with E-state index >= 15 is 0 Å². The van der Waals surface area contributed by atoms with Gasteiger partial charge in [0, 0.05) is 39.5 Å². The Bertz CT molecular complexity index is 2640. The highest BCUT2D eigenvalue weighted by Crippen LogP contribution is 2.39. The monoisotopic (exact) mass is 598 g/mol. The van der Waals surface area contributed by atoms with Gasteiger partial charge in [0.2, 0.25) is 0 Å². The van der Waals surface area contributed by atoms with E-state index in [-0.39, 0.29) is 0 Å². The van der Waals surface area contributed by atoms with Crippen LogP contribution in [0.3, 0.4) is 0 Å². The van der Waals surface area contributed by atoms with Crippen LogP contribution in [0, 0.1) is 0 Å². The molecular formula is C45H30N2. The molecular weight excluding hydrogens is 569 g/mol. The van der Waals surface area contributed by atoms with Crippen LogP contribution in [0.4, 0.5) is 0 Å². The normalized spacial score (nSPS) is 13.2. The summed E-state index contributed by atoms with van der Waals surface area (Å²) in [4.78, 5) is 0. The molecule has 0 saturated carbocycles. The van der Waals surface area contributed by atoms with Crippen molar-refractivity contribution in [2.45, 2.75) is 12.8 Å². The van der Waals surface area contributed by atoms with Gasteiger partial charge < -0.3 is 9.13 Å². The zero-order valence-electron chi connectivity index (χ0n) is 25.8. The summed E-state index contributed by atoms with van der Waals surface area (Å²) in [5, 5.41) is 5.14. The second-order valence-electron chi connectivity index (χ2n) is 12.6. The summed E-state index contributed by atoms with van der Waals surface area (Å²) in [5.74, 6) is 0. The molecule has 0 spiro atoms. The van der Waals surface area contributed by atoms with Crippen molar-refractivity contribution in [1.82, 2.24) is 9.13 Å². The molecule has 10 rings (SSSR count). The fourth-order valence-corrected chi connectivity index (χ4v) is 7.73. The zero-order valence-corrected chi connectivity index (χ0v) is 25.8. The van der Waals surface area contributed by atoms with Gasteiger partial charge in [-0.3, -0.25) is 0 Å². The molecule has 0 radical (unpaired) electrons. The molecule has 0 fully saturated rings. The van der Waals surface area contributed by atoms with Gasteiger partial charge >= 0.3 is 0 Å². The third-order valence-electron chi connectivity index (χ3n) is 10.00. The Morgan fingerprint density at radius 3 is 1.94 bits per heavy atom. The SMILES string of the molecule is C1=Cc2c(n(-c3ccccc3)c3ccc(-c4ccc(-c5ccc6c(c5)c5c(n6-c6ccc7ccccc7c6)C=CCC5)cc4)cc23)C=1. The van der Waals surface area contributed by atoms with Crippen LogP contribution in [0.15, 0.2) is 145 Å². The topological polar surface area (TPSA) is 9.86 Å².